The summed E-state index contributed by atoms with van der Waals surface area (Å²) in [5.41, 5.74) is -1.16. The lowest BCUT2D eigenvalue weighted by molar-refractivity contribution is -0.262. The van der Waals surface area contributed by atoms with Gasteiger partial charge >= 0.3 is 6.18 Å². The summed E-state index contributed by atoms with van der Waals surface area (Å²) in [6.45, 7) is 2.76. The molecule has 8 nitrogen and oxygen atoms in total. The molecule has 2 aliphatic rings. The number of aliphatic hydroxyl groups is 1. The molecule has 158 valence electrons. The van der Waals surface area contributed by atoms with Crippen LogP contribution in [0.2, 0.25) is 0 Å². The number of nitrogens with zero attached hydrogens (tertiary/aromatic N) is 6. The fourth-order valence-electron chi connectivity index (χ4n) is 3.72. The van der Waals surface area contributed by atoms with Gasteiger partial charge in [0.15, 0.2) is 5.82 Å². The predicted molar refractivity (Wildman–Crippen MR) is 97.9 cm³/mol. The smallest absolute Gasteiger partial charge is 0.419 e. The van der Waals surface area contributed by atoms with Gasteiger partial charge in [-0.1, -0.05) is 0 Å². The monoisotopic (exact) mass is 420 g/mol. The van der Waals surface area contributed by atoms with E-state index < -0.39 is 23.6 Å². The van der Waals surface area contributed by atoms with Gasteiger partial charge in [0.05, 0.1) is 35.9 Å². The SMILES string of the molecule is C[C@H]1Cn2nc(Oc3cc(C4CC4)ncn3)cc2-c2cnc(C(C)(O)C(F)(F)F)n21. The number of imidazole rings is 1. The summed E-state index contributed by atoms with van der Waals surface area (Å²) < 4.78 is 49.0. The molecule has 1 aliphatic heterocycles. The quantitative estimate of drug-likeness (QED) is 0.694. The van der Waals surface area contributed by atoms with Gasteiger partial charge in [0.25, 0.3) is 0 Å². The summed E-state index contributed by atoms with van der Waals surface area (Å²) in [5, 5.41) is 14.6. The number of halogens is 3. The molecule has 1 unspecified atom stereocenters. The third kappa shape index (κ3) is 2.95. The molecule has 0 spiro atoms. The van der Waals surface area contributed by atoms with Crippen LogP contribution in [0.25, 0.3) is 11.4 Å². The van der Waals surface area contributed by atoms with Crippen LogP contribution >= 0.6 is 0 Å². The number of fused-ring (bicyclic) bond motifs is 3. The molecule has 0 saturated heterocycles. The summed E-state index contributed by atoms with van der Waals surface area (Å²) in [6.07, 6.45) is 0.107. The van der Waals surface area contributed by atoms with Crippen molar-refractivity contribution in [2.24, 2.45) is 0 Å². The standard InChI is InChI=1S/C19H19F3N6O2/c1-10-8-27-13(14-7-23-17(28(10)14)18(2,29)19(20,21)22)6-16(26-27)30-15-5-12(11-3-4-11)24-9-25-15/h5-7,9-11,29H,3-4,8H2,1-2H3/t10-,18?/m0/s1. The summed E-state index contributed by atoms with van der Waals surface area (Å²) >= 11 is 0. The first-order valence-corrected chi connectivity index (χ1v) is 9.60. The second-order valence-corrected chi connectivity index (χ2v) is 7.96. The number of hydrogen-bond acceptors (Lipinski definition) is 6. The average molecular weight is 420 g/mol. The molecular weight excluding hydrogens is 401 g/mol. The Kier molecular flexibility index (Phi) is 3.98. The Bertz CT molecular complexity index is 1120. The molecule has 1 fully saturated rings. The minimum Gasteiger partial charge on any atom is -0.419 e. The van der Waals surface area contributed by atoms with Gasteiger partial charge in [-0.2, -0.15) is 13.2 Å². The van der Waals surface area contributed by atoms with Crippen LogP contribution in [-0.4, -0.2) is 40.6 Å². The Morgan fingerprint density at radius 3 is 2.57 bits per heavy atom. The van der Waals surface area contributed by atoms with Crippen molar-refractivity contribution in [3.8, 4) is 23.1 Å². The van der Waals surface area contributed by atoms with Gasteiger partial charge in [-0.25, -0.2) is 15.0 Å². The first kappa shape index (κ1) is 19.0. The van der Waals surface area contributed by atoms with E-state index in [2.05, 4.69) is 20.1 Å². The van der Waals surface area contributed by atoms with Crippen molar-refractivity contribution in [2.45, 2.75) is 57.0 Å². The van der Waals surface area contributed by atoms with Crippen LogP contribution in [0.3, 0.4) is 0 Å². The zero-order chi connectivity index (χ0) is 21.3. The first-order chi connectivity index (χ1) is 14.1. The highest BCUT2D eigenvalue weighted by atomic mass is 19.4. The Balaban J connectivity index is 1.49. The summed E-state index contributed by atoms with van der Waals surface area (Å²) in [5.74, 6) is 0.638. The van der Waals surface area contributed by atoms with Crippen LogP contribution in [0, 0.1) is 0 Å². The van der Waals surface area contributed by atoms with E-state index in [1.807, 2.05) is 0 Å². The minimum absolute atomic E-state index is 0.274. The minimum atomic E-state index is -4.85. The van der Waals surface area contributed by atoms with E-state index in [1.165, 1.54) is 17.1 Å². The lowest BCUT2D eigenvalue weighted by atomic mass is 10.0. The van der Waals surface area contributed by atoms with E-state index in [1.54, 1.807) is 23.7 Å². The molecule has 5 rings (SSSR count). The fraction of sp³-hybridized carbons (Fsp3) is 0.474. The Labute approximate surface area is 169 Å². The molecule has 0 amide bonds. The lowest BCUT2D eigenvalue weighted by Crippen LogP contribution is -2.42. The Morgan fingerprint density at radius 2 is 1.87 bits per heavy atom. The molecule has 11 heteroatoms. The third-order valence-corrected chi connectivity index (χ3v) is 5.55. The zero-order valence-corrected chi connectivity index (χ0v) is 16.3. The van der Waals surface area contributed by atoms with Gasteiger partial charge in [-0.05, 0) is 26.7 Å². The van der Waals surface area contributed by atoms with E-state index >= 15 is 0 Å². The highest BCUT2D eigenvalue weighted by Crippen LogP contribution is 2.43. The normalized spacial score (nSPS) is 20.4. The molecule has 1 N–H and O–H groups in total. The summed E-state index contributed by atoms with van der Waals surface area (Å²) in [7, 11) is 0. The van der Waals surface area contributed by atoms with Gasteiger partial charge < -0.3 is 14.4 Å². The predicted octanol–water partition coefficient (Wildman–Crippen LogP) is 3.55. The molecule has 1 saturated carbocycles. The average Bonchev–Trinajstić information content (AvgIpc) is 3.29. The summed E-state index contributed by atoms with van der Waals surface area (Å²) in [4.78, 5) is 12.3. The maximum Gasteiger partial charge on any atom is 0.424 e. The lowest BCUT2D eigenvalue weighted by Gasteiger charge is -2.31. The topological polar surface area (TPSA) is 90.9 Å². The van der Waals surface area contributed by atoms with Crippen LogP contribution in [-0.2, 0) is 12.1 Å². The second kappa shape index (κ2) is 6.27. The molecule has 0 aromatic carbocycles. The number of aromatic nitrogens is 6. The van der Waals surface area contributed by atoms with E-state index in [-0.39, 0.29) is 5.88 Å². The van der Waals surface area contributed by atoms with Crippen molar-refractivity contribution in [3.63, 3.8) is 0 Å². The number of ether oxygens (including phenoxy) is 1. The molecule has 3 aromatic rings. The Morgan fingerprint density at radius 1 is 1.10 bits per heavy atom. The van der Waals surface area contributed by atoms with Gasteiger partial charge in [0.1, 0.15) is 6.33 Å². The van der Waals surface area contributed by atoms with E-state index in [0.29, 0.717) is 36.7 Å². The van der Waals surface area contributed by atoms with Crippen molar-refractivity contribution in [1.29, 1.82) is 0 Å². The van der Waals surface area contributed by atoms with Crippen molar-refractivity contribution < 1.29 is 23.0 Å². The summed E-state index contributed by atoms with van der Waals surface area (Å²) in [6, 6.07) is 3.01. The van der Waals surface area contributed by atoms with Crippen LogP contribution in [0.5, 0.6) is 11.8 Å². The van der Waals surface area contributed by atoms with Gasteiger partial charge in [-0.15, -0.1) is 5.10 Å². The van der Waals surface area contributed by atoms with Crippen molar-refractivity contribution in [1.82, 2.24) is 29.3 Å². The number of hydrogen-bond donors (Lipinski definition) is 1. The molecule has 4 heterocycles. The van der Waals surface area contributed by atoms with Gasteiger partial charge in [0.2, 0.25) is 17.4 Å². The van der Waals surface area contributed by atoms with Crippen LogP contribution < -0.4 is 4.74 Å². The second-order valence-electron chi connectivity index (χ2n) is 7.96. The molecule has 0 bridgehead atoms. The molecule has 0 radical (unpaired) electrons. The zero-order valence-electron chi connectivity index (χ0n) is 16.3. The maximum absolute atomic E-state index is 13.4. The van der Waals surface area contributed by atoms with Crippen LogP contribution in [0.1, 0.15) is 50.2 Å². The molecule has 3 aromatic heterocycles. The highest BCUT2D eigenvalue weighted by molar-refractivity contribution is 5.58. The van der Waals surface area contributed by atoms with Crippen molar-refractivity contribution in [3.05, 3.63) is 36.2 Å². The van der Waals surface area contributed by atoms with Gasteiger partial charge in [-0.3, -0.25) is 4.68 Å². The number of rotatable bonds is 4. The molecule has 2 atom stereocenters. The number of alkyl halides is 3. The third-order valence-electron chi connectivity index (χ3n) is 5.55. The van der Waals surface area contributed by atoms with E-state index in [9.17, 15) is 18.3 Å². The van der Waals surface area contributed by atoms with Crippen molar-refractivity contribution >= 4 is 0 Å². The molecule has 1 aliphatic carbocycles. The highest BCUT2D eigenvalue weighted by Gasteiger charge is 2.55. The van der Waals surface area contributed by atoms with Crippen LogP contribution in [0.4, 0.5) is 13.2 Å². The van der Waals surface area contributed by atoms with E-state index in [0.717, 1.165) is 18.5 Å². The van der Waals surface area contributed by atoms with Crippen molar-refractivity contribution in [2.75, 3.05) is 0 Å². The maximum atomic E-state index is 13.4. The first-order valence-electron chi connectivity index (χ1n) is 9.60. The molecular formula is C19H19F3N6O2. The molecule has 30 heavy (non-hydrogen) atoms. The van der Waals surface area contributed by atoms with Gasteiger partial charge in [0, 0.05) is 18.1 Å². The van der Waals surface area contributed by atoms with E-state index in [4.69, 9.17) is 4.74 Å². The van der Waals surface area contributed by atoms with Crippen LogP contribution in [0.15, 0.2) is 24.7 Å². The Hall–Kier alpha value is -2.95. The fourth-order valence-corrected chi connectivity index (χ4v) is 3.72. The largest absolute Gasteiger partial charge is 0.424 e.